The highest BCUT2D eigenvalue weighted by atomic mass is 32.1. The summed E-state index contributed by atoms with van der Waals surface area (Å²) >= 11 is 1.52. The maximum absolute atomic E-state index is 11.2. The Kier molecular flexibility index (Phi) is 2.05. The number of nitrogens with two attached hydrogens (primary N) is 1. The van der Waals surface area contributed by atoms with E-state index in [1.165, 1.54) is 11.3 Å². The molecule has 2 heterocycles. The first-order chi connectivity index (χ1) is 7.74. The monoisotopic (exact) mass is 234 g/mol. The summed E-state index contributed by atoms with van der Waals surface area (Å²) in [5.74, 6) is -0.0632. The number of para-hydroxylation sites is 1. The van der Waals surface area contributed by atoms with E-state index in [4.69, 9.17) is 5.73 Å². The number of fused-ring (bicyclic) bond motifs is 1. The van der Waals surface area contributed by atoms with E-state index in [0.717, 1.165) is 15.3 Å². The predicted octanol–water partition coefficient (Wildman–Crippen LogP) is 0.822. The second-order valence-electron chi connectivity index (χ2n) is 3.64. The van der Waals surface area contributed by atoms with Crippen LogP contribution in [0.4, 0.5) is 5.13 Å². The summed E-state index contributed by atoms with van der Waals surface area (Å²) in [6.07, 6.45) is -0.0105. The fourth-order valence-corrected chi connectivity index (χ4v) is 2.68. The minimum atomic E-state index is -0.326. The lowest BCUT2D eigenvalue weighted by Crippen LogP contribution is -2.42. The van der Waals surface area contributed by atoms with Crippen molar-refractivity contribution in [3.05, 3.63) is 24.3 Å². The number of amides is 1. The van der Waals surface area contributed by atoms with Gasteiger partial charge in [0, 0.05) is 0 Å². The Hall–Kier alpha value is -1.66. The van der Waals surface area contributed by atoms with Gasteiger partial charge in [0.1, 0.15) is 6.17 Å². The van der Waals surface area contributed by atoms with Crippen LogP contribution >= 0.6 is 11.3 Å². The molecule has 1 atom stereocenters. The number of carbonyl (C=O) groups excluding carboxylic acids is 1. The number of nitrogens with zero attached hydrogens (tertiary/aromatic N) is 2. The average Bonchev–Trinajstić information content (AvgIpc) is 2.81. The zero-order valence-corrected chi connectivity index (χ0v) is 9.20. The van der Waals surface area contributed by atoms with Crippen molar-refractivity contribution in [2.75, 3.05) is 5.01 Å². The molecule has 1 unspecified atom stereocenters. The number of carbonyl (C=O) groups is 1. The Morgan fingerprint density at radius 3 is 3.00 bits per heavy atom. The molecule has 1 aromatic carbocycles. The summed E-state index contributed by atoms with van der Waals surface area (Å²) in [5, 5.41) is 2.37. The van der Waals surface area contributed by atoms with Gasteiger partial charge in [0.25, 0.3) is 0 Å². The van der Waals surface area contributed by atoms with E-state index in [0.29, 0.717) is 6.42 Å². The number of rotatable bonds is 1. The van der Waals surface area contributed by atoms with Crippen LogP contribution in [0.15, 0.2) is 24.3 Å². The van der Waals surface area contributed by atoms with Gasteiger partial charge in [-0.15, -0.1) is 0 Å². The Morgan fingerprint density at radius 2 is 2.31 bits per heavy atom. The maximum Gasteiger partial charge on any atom is 0.242 e. The standard InChI is InChI=1S/C10H10N4OS/c11-8-5-9(15)13-14(8)10-12-6-3-1-2-4-7(6)16-10/h1-4,8H,5,11H2,(H,13,15). The molecule has 1 aliphatic heterocycles. The normalized spacial score (nSPS) is 20.4. The van der Waals surface area contributed by atoms with Gasteiger partial charge in [0.2, 0.25) is 11.0 Å². The summed E-state index contributed by atoms with van der Waals surface area (Å²) in [4.78, 5) is 15.6. The fourth-order valence-electron chi connectivity index (χ4n) is 1.70. The SMILES string of the molecule is NC1CC(=O)NN1c1nc2ccccc2s1. The van der Waals surface area contributed by atoms with Crippen LogP contribution in [0.2, 0.25) is 0 Å². The highest BCUT2D eigenvalue weighted by molar-refractivity contribution is 7.22. The zero-order chi connectivity index (χ0) is 11.1. The van der Waals surface area contributed by atoms with Crippen molar-refractivity contribution in [2.24, 2.45) is 5.73 Å². The van der Waals surface area contributed by atoms with E-state index in [9.17, 15) is 4.79 Å². The molecule has 5 nitrogen and oxygen atoms in total. The molecule has 3 N–H and O–H groups in total. The van der Waals surface area contributed by atoms with Crippen molar-refractivity contribution in [1.29, 1.82) is 0 Å². The number of hydrogen-bond donors (Lipinski definition) is 2. The van der Waals surface area contributed by atoms with Crippen LogP contribution in [-0.2, 0) is 4.79 Å². The van der Waals surface area contributed by atoms with E-state index in [-0.39, 0.29) is 12.1 Å². The van der Waals surface area contributed by atoms with Crippen molar-refractivity contribution in [1.82, 2.24) is 10.4 Å². The smallest absolute Gasteiger partial charge is 0.242 e. The van der Waals surface area contributed by atoms with Gasteiger partial charge in [0.05, 0.1) is 16.6 Å². The second-order valence-corrected chi connectivity index (χ2v) is 4.65. The molecule has 82 valence electrons. The van der Waals surface area contributed by atoms with Crippen LogP contribution in [0.3, 0.4) is 0 Å². The molecule has 3 rings (SSSR count). The van der Waals surface area contributed by atoms with Gasteiger partial charge in [-0.05, 0) is 12.1 Å². The van der Waals surface area contributed by atoms with Gasteiger partial charge in [-0.25, -0.2) is 9.99 Å². The Bertz CT molecular complexity index is 519. The first-order valence-electron chi connectivity index (χ1n) is 4.94. The number of anilines is 1. The third-order valence-electron chi connectivity index (χ3n) is 2.46. The molecule has 1 aliphatic rings. The second kappa shape index (κ2) is 3.43. The first kappa shape index (κ1) is 9.56. The quantitative estimate of drug-likeness (QED) is 0.766. The van der Waals surface area contributed by atoms with Crippen LogP contribution in [0.1, 0.15) is 6.42 Å². The molecule has 1 aromatic heterocycles. The number of hydrazine groups is 1. The maximum atomic E-state index is 11.2. The minimum absolute atomic E-state index is 0.0632. The van der Waals surface area contributed by atoms with Crippen molar-refractivity contribution < 1.29 is 4.79 Å². The van der Waals surface area contributed by atoms with Gasteiger partial charge < -0.3 is 5.73 Å². The molecule has 0 bridgehead atoms. The lowest BCUT2D eigenvalue weighted by atomic mass is 10.3. The molecular weight excluding hydrogens is 224 g/mol. The Balaban J connectivity index is 2.03. The van der Waals surface area contributed by atoms with Crippen LogP contribution in [0.25, 0.3) is 10.2 Å². The van der Waals surface area contributed by atoms with Gasteiger partial charge in [-0.3, -0.25) is 10.2 Å². The van der Waals surface area contributed by atoms with Gasteiger partial charge in [-0.2, -0.15) is 0 Å². The summed E-state index contributed by atoms with van der Waals surface area (Å²) < 4.78 is 1.09. The molecule has 1 amide bonds. The lowest BCUT2D eigenvalue weighted by molar-refractivity contribution is -0.119. The fraction of sp³-hybridized carbons (Fsp3) is 0.200. The molecule has 16 heavy (non-hydrogen) atoms. The lowest BCUT2D eigenvalue weighted by Gasteiger charge is -2.18. The Labute approximate surface area is 95.8 Å². The van der Waals surface area contributed by atoms with Crippen molar-refractivity contribution in [2.45, 2.75) is 12.6 Å². The van der Waals surface area contributed by atoms with Crippen LogP contribution in [0, 0.1) is 0 Å². The van der Waals surface area contributed by atoms with Crippen LogP contribution in [-0.4, -0.2) is 17.1 Å². The molecule has 1 fully saturated rings. The van der Waals surface area contributed by atoms with Crippen LogP contribution in [0.5, 0.6) is 0 Å². The molecule has 0 aliphatic carbocycles. The number of benzene rings is 1. The first-order valence-corrected chi connectivity index (χ1v) is 5.75. The summed E-state index contributed by atoms with van der Waals surface area (Å²) in [6.45, 7) is 0. The number of thiazole rings is 1. The minimum Gasteiger partial charge on any atom is -0.309 e. The van der Waals surface area contributed by atoms with Crippen LogP contribution < -0.4 is 16.2 Å². The van der Waals surface area contributed by atoms with Crippen molar-refractivity contribution >= 4 is 32.6 Å². The topological polar surface area (TPSA) is 71.2 Å². The van der Waals surface area contributed by atoms with E-state index < -0.39 is 0 Å². The molecule has 6 heteroatoms. The van der Waals surface area contributed by atoms with Crippen molar-refractivity contribution in [3.8, 4) is 0 Å². The van der Waals surface area contributed by atoms with Gasteiger partial charge in [0.15, 0.2) is 0 Å². The predicted molar refractivity (Wildman–Crippen MR) is 62.8 cm³/mol. The third-order valence-corrected chi connectivity index (χ3v) is 3.50. The summed E-state index contributed by atoms with van der Waals surface area (Å²) in [5.41, 5.74) is 9.46. The largest absolute Gasteiger partial charge is 0.309 e. The summed E-state index contributed by atoms with van der Waals surface area (Å²) in [6, 6.07) is 7.85. The molecule has 0 radical (unpaired) electrons. The van der Waals surface area contributed by atoms with Gasteiger partial charge in [-0.1, -0.05) is 23.5 Å². The number of hydrogen-bond acceptors (Lipinski definition) is 5. The highest BCUT2D eigenvalue weighted by Crippen LogP contribution is 2.29. The number of aromatic nitrogens is 1. The summed E-state index contributed by atoms with van der Waals surface area (Å²) in [7, 11) is 0. The van der Waals surface area contributed by atoms with E-state index in [1.807, 2.05) is 24.3 Å². The molecule has 0 spiro atoms. The molecular formula is C10H10N4OS. The molecule has 0 saturated carbocycles. The molecule has 2 aromatic rings. The van der Waals surface area contributed by atoms with Gasteiger partial charge >= 0.3 is 0 Å². The number of nitrogens with one attached hydrogen (secondary N) is 1. The molecule has 1 saturated heterocycles. The third kappa shape index (κ3) is 1.43. The van der Waals surface area contributed by atoms with E-state index in [2.05, 4.69) is 10.4 Å². The van der Waals surface area contributed by atoms with E-state index >= 15 is 0 Å². The Morgan fingerprint density at radius 1 is 1.50 bits per heavy atom. The van der Waals surface area contributed by atoms with Crippen molar-refractivity contribution in [3.63, 3.8) is 0 Å². The highest BCUT2D eigenvalue weighted by Gasteiger charge is 2.29. The van der Waals surface area contributed by atoms with E-state index in [1.54, 1.807) is 5.01 Å². The average molecular weight is 234 g/mol. The zero-order valence-electron chi connectivity index (χ0n) is 8.38.